The second-order valence-electron chi connectivity index (χ2n) is 15.5. The van der Waals surface area contributed by atoms with Crippen LogP contribution in [0.25, 0.3) is 5.69 Å². The molecule has 9 rings (SSSR count). The predicted octanol–water partition coefficient (Wildman–Crippen LogP) is 5.66. The number of hydrogen-bond donors (Lipinski definition) is 0. The van der Waals surface area contributed by atoms with E-state index in [0.29, 0.717) is 11.6 Å². The van der Waals surface area contributed by atoms with Gasteiger partial charge >= 0.3 is 17.3 Å². The quantitative estimate of drug-likeness (QED) is 0.247. The summed E-state index contributed by atoms with van der Waals surface area (Å²) in [7, 11) is 0. The molecule has 1 spiro atoms. The Morgan fingerprint density at radius 1 is 0.933 bits per heavy atom. The molecule has 4 aliphatic carbocycles. The molecular weight excluding hydrogens is 566 g/mol. The van der Waals surface area contributed by atoms with Gasteiger partial charge in [-0.2, -0.15) is 0 Å². The van der Waals surface area contributed by atoms with Crippen molar-refractivity contribution in [3.8, 4) is 5.69 Å². The minimum atomic E-state index is -0.780. The van der Waals surface area contributed by atoms with E-state index in [4.69, 9.17) is 4.74 Å². The van der Waals surface area contributed by atoms with Gasteiger partial charge in [-0.15, -0.1) is 0 Å². The Kier molecular flexibility index (Phi) is 7.10. The summed E-state index contributed by atoms with van der Waals surface area (Å²) < 4.78 is 10.4. The van der Waals surface area contributed by atoms with Gasteiger partial charge in [0.05, 0.1) is 11.2 Å². The zero-order valence-corrected chi connectivity index (χ0v) is 27.3. The average Bonchev–Trinajstić information content (AvgIpc) is 3.48. The van der Waals surface area contributed by atoms with E-state index in [0.717, 1.165) is 44.9 Å². The molecule has 2 aromatic rings. The third-order valence-corrected chi connectivity index (χ3v) is 13.0. The van der Waals surface area contributed by atoms with Crippen molar-refractivity contribution in [3.05, 3.63) is 75.6 Å². The fraction of sp³-hybridized carbons (Fsp3) is 0.622. The highest BCUT2D eigenvalue weighted by Gasteiger charge is 2.68. The maximum atomic E-state index is 14.9. The minimum Gasteiger partial charge on any atom is -0.461 e. The monoisotopic (exact) mass is 613 g/mol. The summed E-state index contributed by atoms with van der Waals surface area (Å²) in [6.45, 7) is 10.6. The first-order valence-electron chi connectivity index (χ1n) is 17.0. The number of para-hydroxylation sites is 1. The molecule has 240 valence electrons. The third-order valence-electron chi connectivity index (χ3n) is 13.0. The van der Waals surface area contributed by atoms with Gasteiger partial charge < -0.3 is 4.74 Å². The molecule has 3 unspecified atom stereocenters. The van der Waals surface area contributed by atoms with Crippen LogP contribution in [0.3, 0.4) is 0 Å². The number of rotatable bonds is 5. The maximum absolute atomic E-state index is 14.9. The summed E-state index contributed by atoms with van der Waals surface area (Å²) in [5.74, 6) is 0.571. The number of ketones is 1. The van der Waals surface area contributed by atoms with Crippen molar-refractivity contribution in [2.75, 3.05) is 0 Å². The highest BCUT2D eigenvalue weighted by atomic mass is 16.5. The van der Waals surface area contributed by atoms with Crippen LogP contribution in [0.5, 0.6) is 0 Å². The second-order valence-corrected chi connectivity index (χ2v) is 15.5. The summed E-state index contributed by atoms with van der Waals surface area (Å²) in [5, 5.41) is 0. The fourth-order valence-electron chi connectivity index (χ4n) is 10.8. The number of fused-ring (bicyclic) bond motifs is 2. The van der Waals surface area contributed by atoms with E-state index < -0.39 is 22.9 Å². The highest BCUT2D eigenvalue weighted by molar-refractivity contribution is 5.91. The number of esters is 1. The van der Waals surface area contributed by atoms with E-state index in [9.17, 15) is 19.2 Å². The summed E-state index contributed by atoms with van der Waals surface area (Å²) in [4.78, 5) is 55.2. The van der Waals surface area contributed by atoms with Crippen molar-refractivity contribution in [1.82, 2.24) is 13.9 Å². The molecule has 3 fully saturated rings. The molecule has 7 aliphatic rings. The summed E-state index contributed by atoms with van der Waals surface area (Å²) in [6.07, 6.45) is 14.6. The first-order valence-corrected chi connectivity index (χ1v) is 17.0. The van der Waals surface area contributed by atoms with Gasteiger partial charge in [-0.05, 0) is 104 Å². The zero-order chi connectivity index (χ0) is 31.9. The Balaban J connectivity index is 1.46. The molecule has 0 amide bonds. The molecule has 45 heavy (non-hydrogen) atoms. The van der Waals surface area contributed by atoms with E-state index in [1.807, 2.05) is 32.0 Å². The van der Waals surface area contributed by atoms with E-state index in [1.165, 1.54) is 9.25 Å². The van der Waals surface area contributed by atoms with Crippen LogP contribution in [0.2, 0.25) is 0 Å². The highest BCUT2D eigenvalue weighted by Crippen LogP contribution is 2.70. The van der Waals surface area contributed by atoms with Crippen LogP contribution < -0.4 is 11.4 Å². The molecule has 4 bridgehead atoms. The Labute approximate surface area is 265 Å². The Hall–Kier alpha value is -3.42. The molecule has 0 N–H and O–H groups in total. The summed E-state index contributed by atoms with van der Waals surface area (Å²) >= 11 is 0. The van der Waals surface area contributed by atoms with Crippen LogP contribution in [0.1, 0.15) is 79.6 Å². The number of ether oxygens (including phenoxy) is 1. The molecule has 1 aromatic heterocycles. The van der Waals surface area contributed by atoms with Crippen LogP contribution >= 0.6 is 0 Å². The van der Waals surface area contributed by atoms with Crippen LogP contribution in [-0.4, -0.2) is 31.8 Å². The molecule has 0 saturated heterocycles. The van der Waals surface area contributed by atoms with Crippen molar-refractivity contribution >= 4 is 11.8 Å². The van der Waals surface area contributed by atoms with Crippen LogP contribution in [0.15, 0.2) is 64.2 Å². The van der Waals surface area contributed by atoms with Gasteiger partial charge in [0.25, 0.3) is 0 Å². The first kappa shape index (κ1) is 30.2. The number of aromatic nitrogens is 3. The largest absolute Gasteiger partial charge is 0.461 e. The first-order chi connectivity index (χ1) is 21.4. The Morgan fingerprint density at radius 2 is 1.64 bits per heavy atom. The van der Waals surface area contributed by atoms with Gasteiger partial charge in [0.1, 0.15) is 12.6 Å². The van der Waals surface area contributed by atoms with E-state index in [-0.39, 0.29) is 58.9 Å². The van der Waals surface area contributed by atoms with Crippen LogP contribution in [0, 0.1) is 46.3 Å². The fourth-order valence-corrected chi connectivity index (χ4v) is 10.8. The van der Waals surface area contributed by atoms with Gasteiger partial charge in [0.15, 0.2) is 5.78 Å². The lowest BCUT2D eigenvalue weighted by atomic mass is 9.43. The van der Waals surface area contributed by atoms with E-state index >= 15 is 0 Å². The summed E-state index contributed by atoms with van der Waals surface area (Å²) in [5.41, 5.74) is -1.43. The molecule has 3 saturated carbocycles. The zero-order valence-electron chi connectivity index (χ0n) is 27.3. The average molecular weight is 614 g/mol. The van der Waals surface area contributed by atoms with Crippen molar-refractivity contribution in [2.24, 2.45) is 46.3 Å². The van der Waals surface area contributed by atoms with Crippen molar-refractivity contribution in [1.29, 1.82) is 0 Å². The van der Waals surface area contributed by atoms with Gasteiger partial charge in [0, 0.05) is 5.92 Å². The van der Waals surface area contributed by atoms with Crippen molar-refractivity contribution < 1.29 is 14.3 Å². The van der Waals surface area contributed by atoms with Gasteiger partial charge in [-0.1, -0.05) is 71.0 Å². The molecule has 4 heterocycles. The van der Waals surface area contributed by atoms with Gasteiger partial charge in [-0.25, -0.2) is 23.5 Å². The van der Waals surface area contributed by atoms with Crippen LogP contribution in [0.4, 0.5) is 0 Å². The van der Waals surface area contributed by atoms with E-state index in [2.05, 4.69) is 39.0 Å². The number of benzene rings is 1. The van der Waals surface area contributed by atoms with Crippen molar-refractivity contribution in [2.45, 2.75) is 97.8 Å². The second kappa shape index (κ2) is 10.6. The minimum absolute atomic E-state index is 0.0400. The summed E-state index contributed by atoms with van der Waals surface area (Å²) in [6, 6.07) is 9.04. The molecular formula is C37H47N3O5. The van der Waals surface area contributed by atoms with Gasteiger partial charge in [0.2, 0.25) is 0 Å². The molecule has 8 heteroatoms. The predicted molar refractivity (Wildman–Crippen MR) is 172 cm³/mol. The molecule has 9 atom stereocenters. The molecule has 3 aliphatic heterocycles. The smallest absolute Gasteiger partial charge is 0.352 e. The SMILES string of the molecule is CC(C)C(=O)C=C[C@@H](C)[C@H]1CCC2[C@]34C=CC5C[C@@H](CC[C@]5(C)C3CC[C@@]21C)OC(=O)Cn1c(=O)n(-c2ccccc2)c(=O)n14. The van der Waals surface area contributed by atoms with Crippen LogP contribution in [-0.2, 0) is 26.4 Å². The normalized spacial score (nSPS) is 37.6. The number of allylic oxidation sites excluding steroid dienone is 4. The standard InChI is InChI=1S/C37H47N3O5/c1-23(2)29(41)13-11-24(3)28-12-14-30-36(28,5)19-17-31-35(4)18-16-27-21-25(35)15-20-37(30,31)40-34(44)39(26-9-7-6-8-10-26)33(43)38(40)22-32(42)45-27/h6-11,13,15,20,23-25,27-28,30-31H,12,14,16-19,21-22H2,1-5H3/t24-,25?,27-,28-,30?,31?,35+,36-,37-/m1/s1. The Bertz CT molecular complexity index is 1700. The molecule has 0 radical (unpaired) electrons. The molecule has 8 nitrogen and oxygen atoms in total. The van der Waals surface area contributed by atoms with E-state index in [1.54, 1.807) is 22.9 Å². The third kappa shape index (κ3) is 4.30. The molecule has 1 aromatic carbocycles. The number of carbonyl (C=O) groups is 2. The Morgan fingerprint density at radius 3 is 2.38 bits per heavy atom. The maximum Gasteiger partial charge on any atom is 0.352 e. The van der Waals surface area contributed by atoms with Crippen molar-refractivity contribution in [3.63, 3.8) is 0 Å². The number of nitrogens with zero attached hydrogens (tertiary/aromatic N) is 3. The lowest BCUT2D eigenvalue weighted by Crippen LogP contribution is -2.65. The lowest BCUT2D eigenvalue weighted by Gasteiger charge is -2.64. The van der Waals surface area contributed by atoms with Gasteiger partial charge in [-0.3, -0.25) is 9.59 Å². The topological polar surface area (TPSA) is 92.3 Å². The number of hydrogen-bond acceptors (Lipinski definition) is 5. The lowest BCUT2D eigenvalue weighted by molar-refractivity contribution is -0.156. The number of carbonyl (C=O) groups excluding carboxylic acids is 2.